The number of nitrogens with two attached hydrogens (primary N) is 1. The summed E-state index contributed by atoms with van der Waals surface area (Å²) in [6.45, 7) is 1.09. The van der Waals surface area contributed by atoms with Crippen LogP contribution < -0.4 is 5.73 Å². The van der Waals surface area contributed by atoms with Crippen molar-refractivity contribution >= 4 is 17.8 Å². The molecule has 1 aromatic carbocycles. The number of rotatable bonds is 4. The Bertz CT molecular complexity index is 837. The van der Waals surface area contributed by atoms with Crippen molar-refractivity contribution in [2.45, 2.75) is 18.8 Å². The van der Waals surface area contributed by atoms with Gasteiger partial charge in [-0.05, 0) is 31.0 Å². The van der Waals surface area contributed by atoms with Crippen molar-refractivity contribution < 1.29 is 19.1 Å². The largest absolute Gasteiger partial charge is 0.465 e. The van der Waals surface area contributed by atoms with Crippen LogP contribution in [0.5, 0.6) is 0 Å². The predicted octanol–water partition coefficient (Wildman–Crippen LogP) is 1.31. The van der Waals surface area contributed by atoms with E-state index in [9.17, 15) is 14.4 Å². The quantitative estimate of drug-likeness (QED) is 0.801. The molecule has 136 valence electrons. The van der Waals surface area contributed by atoms with Crippen LogP contribution >= 0.6 is 0 Å². The summed E-state index contributed by atoms with van der Waals surface area (Å²) >= 11 is 0. The van der Waals surface area contributed by atoms with Gasteiger partial charge < -0.3 is 15.4 Å². The normalized spacial score (nSPS) is 14.9. The second kappa shape index (κ2) is 7.38. The van der Waals surface area contributed by atoms with E-state index in [-0.39, 0.29) is 23.1 Å². The van der Waals surface area contributed by atoms with Crippen LogP contribution in [0.2, 0.25) is 0 Å². The lowest BCUT2D eigenvalue weighted by molar-refractivity contribution is 0.0586. The first-order valence-corrected chi connectivity index (χ1v) is 8.33. The number of nitrogens with zero attached hydrogens (tertiary/aromatic N) is 2. The topological polar surface area (TPSA) is 118 Å². The van der Waals surface area contributed by atoms with Gasteiger partial charge in [0, 0.05) is 24.7 Å². The van der Waals surface area contributed by atoms with E-state index < -0.39 is 11.9 Å². The number of primary amides is 1. The molecule has 1 aliphatic heterocycles. The van der Waals surface area contributed by atoms with Crippen molar-refractivity contribution in [1.29, 1.82) is 0 Å². The van der Waals surface area contributed by atoms with Crippen LogP contribution in [0.15, 0.2) is 30.3 Å². The third-order valence-electron chi connectivity index (χ3n) is 4.63. The van der Waals surface area contributed by atoms with E-state index in [1.54, 1.807) is 35.2 Å². The zero-order chi connectivity index (χ0) is 18.7. The highest BCUT2D eigenvalue weighted by Gasteiger charge is 2.28. The molecule has 2 heterocycles. The summed E-state index contributed by atoms with van der Waals surface area (Å²) in [7, 11) is 1.29. The molecule has 3 rings (SSSR count). The number of benzene rings is 1. The molecule has 1 aliphatic rings. The van der Waals surface area contributed by atoms with Crippen LogP contribution in [0, 0.1) is 0 Å². The lowest BCUT2D eigenvalue weighted by Gasteiger charge is -2.31. The van der Waals surface area contributed by atoms with Gasteiger partial charge in [-0.2, -0.15) is 5.10 Å². The number of hydrogen-bond donors (Lipinski definition) is 2. The molecule has 26 heavy (non-hydrogen) atoms. The van der Waals surface area contributed by atoms with Crippen molar-refractivity contribution in [1.82, 2.24) is 15.1 Å². The molecule has 8 nitrogen and oxygen atoms in total. The van der Waals surface area contributed by atoms with Gasteiger partial charge >= 0.3 is 5.97 Å². The zero-order valence-corrected chi connectivity index (χ0v) is 14.4. The van der Waals surface area contributed by atoms with Crippen molar-refractivity contribution in [3.63, 3.8) is 0 Å². The standard InChI is InChI=1S/C18H20N4O4/c1-26-18(25)13-5-3-2-4-12(13)17(24)22-8-6-11(7-9-22)14-10-15(16(19)23)21-20-14/h2-5,10-11H,6-9H2,1H3,(H2,19,23)(H,20,21). The van der Waals surface area contributed by atoms with E-state index in [2.05, 4.69) is 10.2 Å². The van der Waals surface area contributed by atoms with Gasteiger partial charge in [0.2, 0.25) is 0 Å². The second-order valence-corrected chi connectivity index (χ2v) is 6.18. The first-order valence-electron chi connectivity index (χ1n) is 8.33. The van der Waals surface area contributed by atoms with Crippen LogP contribution in [0.4, 0.5) is 0 Å². The summed E-state index contributed by atoms with van der Waals surface area (Å²) in [6, 6.07) is 8.31. The summed E-state index contributed by atoms with van der Waals surface area (Å²) in [4.78, 5) is 37.6. The summed E-state index contributed by atoms with van der Waals surface area (Å²) in [5.41, 5.74) is 6.89. The highest BCUT2D eigenvalue weighted by molar-refractivity contribution is 6.05. The van der Waals surface area contributed by atoms with E-state index in [0.717, 1.165) is 18.5 Å². The number of nitrogens with one attached hydrogen (secondary N) is 1. The molecule has 0 aliphatic carbocycles. The van der Waals surface area contributed by atoms with Crippen LogP contribution in [0.3, 0.4) is 0 Å². The zero-order valence-electron chi connectivity index (χ0n) is 14.4. The minimum absolute atomic E-state index is 0.176. The number of esters is 1. The fourth-order valence-corrected chi connectivity index (χ4v) is 3.19. The monoisotopic (exact) mass is 356 g/mol. The number of ether oxygens (including phenoxy) is 1. The fourth-order valence-electron chi connectivity index (χ4n) is 3.19. The van der Waals surface area contributed by atoms with E-state index in [1.807, 2.05) is 0 Å². The van der Waals surface area contributed by atoms with E-state index in [0.29, 0.717) is 18.7 Å². The number of likely N-dealkylation sites (tertiary alicyclic amines) is 1. The summed E-state index contributed by atoms with van der Waals surface area (Å²) in [6.07, 6.45) is 1.46. The van der Waals surface area contributed by atoms with Gasteiger partial charge in [0.25, 0.3) is 11.8 Å². The molecule has 1 fully saturated rings. The molecule has 8 heteroatoms. The Morgan fingerprint density at radius 2 is 1.85 bits per heavy atom. The Morgan fingerprint density at radius 3 is 2.42 bits per heavy atom. The average molecular weight is 356 g/mol. The number of amides is 2. The van der Waals surface area contributed by atoms with E-state index in [4.69, 9.17) is 10.5 Å². The first kappa shape index (κ1) is 17.7. The predicted molar refractivity (Wildman–Crippen MR) is 92.8 cm³/mol. The molecule has 3 N–H and O–H groups in total. The number of carbonyl (C=O) groups excluding carboxylic acids is 3. The molecule has 2 amide bonds. The molecule has 2 aromatic rings. The lowest BCUT2D eigenvalue weighted by Crippen LogP contribution is -2.38. The molecule has 0 atom stereocenters. The summed E-state index contributed by atoms with van der Waals surface area (Å²) < 4.78 is 4.75. The Hall–Kier alpha value is -3.16. The number of carbonyl (C=O) groups is 3. The molecule has 1 saturated heterocycles. The first-order chi connectivity index (χ1) is 12.5. The average Bonchev–Trinajstić information content (AvgIpc) is 3.17. The highest BCUT2D eigenvalue weighted by Crippen LogP contribution is 2.28. The molecule has 1 aromatic heterocycles. The number of hydrogen-bond acceptors (Lipinski definition) is 5. The maximum atomic E-state index is 12.8. The van der Waals surface area contributed by atoms with Gasteiger partial charge in [-0.15, -0.1) is 0 Å². The van der Waals surface area contributed by atoms with Crippen molar-refractivity contribution in [2.24, 2.45) is 5.73 Å². The Morgan fingerprint density at radius 1 is 1.19 bits per heavy atom. The summed E-state index contributed by atoms with van der Waals surface area (Å²) in [5, 5.41) is 6.75. The Kier molecular flexibility index (Phi) is 5.01. The molecule has 0 spiro atoms. The van der Waals surface area contributed by atoms with E-state index in [1.165, 1.54) is 7.11 Å². The van der Waals surface area contributed by atoms with E-state index >= 15 is 0 Å². The maximum absolute atomic E-state index is 12.8. The lowest BCUT2D eigenvalue weighted by atomic mass is 9.92. The Labute approximate surface area is 150 Å². The third kappa shape index (κ3) is 3.44. The Balaban J connectivity index is 1.69. The number of methoxy groups -OCH3 is 1. The van der Waals surface area contributed by atoms with Crippen LogP contribution in [0.25, 0.3) is 0 Å². The van der Waals surface area contributed by atoms with Gasteiger partial charge in [-0.1, -0.05) is 12.1 Å². The van der Waals surface area contributed by atoms with Crippen molar-refractivity contribution in [3.8, 4) is 0 Å². The SMILES string of the molecule is COC(=O)c1ccccc1C(=O)N1CCC(c2cc(C(N)=O)n[nH]2)CC1. The molecular weight excluding hydrogens is 336 g/mol. The number of aromatic nitrogens is 2. The van der Waals surface area contributed by atoms with Crippen LogP contribution in [-0.4, -0.2) is 53.1 Å². The van der Waals surface area contributed by atoms with Gasteiger partial charge in [-0.3, -0.25) is 14.7 Å². The van der Waals surface area contributed by atoms with Crippen molar-refractivity contribution in [2.75, 3.05) is 20.2 Å². The second-order valence-electron chi connectivity index (χ2n) is 6.18. The van der Waals surface area contributed by atoms with Gasteiger partial charge in [0.05, 0.1) is 18.2 Å². The number of aromatic amines is 1. The molecule has 0 radical (unpaired) electrons. The van der Waals surface area contributed by atoms with Gasteiger partial charge in [0.15, 0.2) is 0 Å². The maximum Gasteiger partial charge on any atom is 0.338 e. The molecule has 0 unspecified atom stereocenters. The third-order valence-corrected chi connectivity index (χ3v) is 4.63. The van der Waals surface area contributed by atoms with Gasteiger partial charge in [-0.25, -0.2) is 4.79 Å². The number of piperidine rings is 1. The van der Waals surface area contributed by atoms with Crippen LogP contribution in [0.1, 0.15) is 55.7 Å². The molecular formula is C18H20N4O4. The van der Waals surface area contributed by atoms with Crippen LogP contribution in [-0.2, 0) is 4.74 Å². The van der Waals surface area contributed by atoms with Gasteiger partial charge in [0.1, 0.15) is 5.69 Å². The summed E-state index contributed by atoms with van der Waals surface area (Å²) in [5.74, 6) is -1.11. The molecule has 0 saturated carbocycles. The smallest absolute Gasteiger partial charge is 0.338 e. The number of H-pyrrole nitrogens is 1. The molecule has 0 bridgehead atoms. The minimum Gasteiger partial charge on any atom is -0.465 e. The highest BCUT2D eigenvalue weighted by atomic mass is 16.5. The van der Waals surface area contributed by atoms with Crippen molar-refractivity contribution in [3.05, 3.63) is 52.8 Å². The fraction of sp³-hybridized carbons (Fsp3) is 0.333. The minimum atomic E-state index is -0.570.